The highest BCUT2D eigenvalue weighted by molar-refractivity contribution is 6.05. The Kier molecular flexibility index (Phi) is 5.13. The first-order valence-electron chi connectivity index (χ1n) is 8.68. The molecular weight excluding hydrogens is 354 g/mol. The zero-order valence-corrected chi connectivity index (χ0v) is 14.8. The maximum absolute atomic E-state index is 12.6. The van der Waals surface area contributed by atoms with E-state index in [4.69, 9.17) is 5.11 Å². The number of hydrogen-bond acceptors (Lipinski definition) is 5. The van der Waals surface area contributed by atoms with Crippen molar-refractivity contribution < 1.29 is 29.4 Å². The normalized spacial score (nSPS) is 20.7. The van der Waals surface area contributed by atoms with Gasteiger partial charge in [-0.3, -0.25) is 14.5 Å². The van der Waals surface area contributed by atoms with Crippen LogP contribution in [-0.4, -0.2) is 68.6 Å². The van der Waals surface area contributed by atoms with E-state index in [2.05, 4.69) is 5.32 Å². The second kappa shape index (κ2) is 7.36. The largest absolute Gasteiger partial charge is 0.480 e. The van der Waals surface area contributed by atoms with Crippen LogP contribution in [0.2, 0.25) is 0 Å². The average Bonchev–Trinajstić information content (AvgIpc) is 2.86. The molecule has 3 N–H and O–H groups in total. The Morgan fingerprint density at radius 3 is 2.56 bits per heavy atom. The number of carboxylic acid groups (broad SMARTS) is 1. The lowest BCUT2D eigenvalue weighted by Gasteiger charge is -2.28. The van der Waals surface area contributed by atoms with Crippen molar-refractivity contribution >= 4 is 23.8 Å². The third-order valence-electron chi connectivity index (χ3n) is 4.90. The molecule has 9 heteroatoms. The van der Waals surface area contributed by atoms with Gasteiger partial charge in [0.1, 0.15) is 6.04 Å². The van der Waals surface area contributed by atoms with Gasteiger partial charge in [0.05, 0.1) is 6.10 Å². The smallest absolute Gasteiger partial charge is 0.328 e. The summed E-state index contributed by atoms with van der Waals surface area (Å²) in [7, 11) is 0. The van der Waals surface area contributed by atoms with Crippen LogP contribution in [0, 0.1) is 0 Å². The number of carbonyl (C=O) groups is 4. The molecule has 0 aromatic heterocycles. The highest BCUT2D eigenvalue weighted by atomic mass is 16.4. The number of imide groups is 1. The van der Waals surface area contributed by atoms with Gasteiger partial charge >= 0.3 is 12.0 Å². The Morgan fingerprint density at radius 1 is 1.26 bits per heavy atom. The minimum absolute atomic E-state index is 0.140. The molecule has 3 atom stereocenters. The standard InChI is InChI=1S/C18H21N3O6/c1-10(22)15(17(25)26)19-14(23)6-7-20-16(24)13-8-11-4-2-3-5-12(11)9-21(13)18(20)27/h2-5,10,13,15,22H,6-9H2,1H3,(H,19,23)(H,25,26). The summed E-state index contributed by atoms with van der Waals surface area (Å²) in [6.45, 7) is 1.46. The molecule has 0 saturated carbocycles. The molecule has 0 radical (unpaired) electrons. The number of nitrogens with one attached hydrogen (secondary N) is 1. The van der Waals surface area contributed by atoms with Crippen LogP contribution in [-0.2, 0) is 27.3 Å². The van der Waals surface area contributed by atoms with Crippen molar-refractivity contribution in [2.75, 3.05) is 6.54 Å². The van der Waals surface area contributed by atoms with E-state index in [1.807, 2.05) is 24.3 Å². The Bertz CT molecular complexity index is 750. The third-order valence-corrected chi connectivity index (χ3v) is 4.90. The number of aliphatic hydroxyl groups is 1. The van der Waals surface area contributed by atoms with Crippen LogP contribution in [0.25, 0.3) is 0 Å². The summed E-state index contributed by atoms with van der Waals surface area (Å²) in [5.41, 5.74) is 2.02. The first-order chi connectivity index (χ1) is 12.8. The van der Waals surface area contributed by atoms with E-state index < -0.39 is 36.1 Å². The molecule has 1 aromatic rings. The zero-order valence-electron chi connectivity index (χ0n) is 14.8. The minimum atomic E-state index is -1.44. The fraction of sp³-hybridized carbons (Fsp3) is 0.444. The Morgan fingerprint density at radius 2 is 1.93 bits per heavy atom. The molecule has 27 heavy (non-hydrogen) atoms. The minimum Gasteiger partial charge on any atom is -0.480 e. The van der Waals surface area contributed by atoms with Gasteiger partial charge in [-0.2, -0.15) is 0 Å². The number of fused-ring (bicyclic) bond motifs is 2. The molecule has 1 saturated heterocycles. The van der Waals surface area contributed by atoms with Gasteiger partial charge in [-0.25, -0.2) is 9.59 Å². The van der Waals surface area contributed by atoms with Crippen LogP contribution in [0.15, 0.2) is 24.3 Å². The molecule has 0 bridgehead atoms. The summed E-state index contributed by atoms with van der Waals surface area (Å²) in [6, 6.07) is 5.16. The lowest BCUT2D eigenvalue weighted by atomic mass is 9.95. The van der Waals surface area contributed by atoms with Crippen molar-refractivity contribution in [2.24, 2.45) is 0 Å². The number of nitrogens with zero attached hydrogens (tertiary/aromatic N) is 2. The number of aliphatic hydroxyl groups excluding tert-OH is 1. The topological polar surface area (TPSA) is 127 Å². The zero-order chi connectivity index (χ0) is 19.7. The molecule has 1 fully saturated rings. The van der Waals surface area contributed by atoms with Gasteiger partial charge in [0, 0.05) is 25.9 Å². The van der Waals surface area contributed by atoms with Crippen molar-refractivity contribution in [3.63, 3.8) is 0 Å². The fourth-order valence-corrected chi connectivity index (χ4v) is 3.43. The molecular formula is C18H21N3O6. The van der Waals surface area contributed by atoms with Gasteiger partial charge in [0.25, 0.3) is 5.91 Å². The van der Waals surface area contributed by atoms with Gasteiger partial charge in [0.15, 0.2) is 6.04 Å². The van der Waals surface area contributed by atoms with E-state index in [1.54, 1.807) is 0 Å². The lowest BCUT2D eigenvalue weighted by molar-refractivity contribution is -0.145. The van der Waals surface area contributed by atoms with Crippen LogP contribution >= 0.6 is 0 Å². The van der Waals surface area contributed by atoms with E-state index >= 15 is 0 Å². The quantitative estimate of drug-likeness (QED) is 0.587. The van der Waals surface area contributed by atoms with Gasteiger partial charge in [-0.15, -0.1) is 0 Å². The lowest BCUT2D eigenvalue weighted by Crippen LogP contribution is -2.48. The Balaban J connectivity index is 1.62. The van der Waals surface area contributed by atoms with Crippen LogP contribution in [0.3, 0.4) is 0 Å². The highest BCUT2D eigenvalue weighted by Crippen LogP contribution is 2.29. The molecule has 1 aromatic carbocycles. The summed E-state index contributed by atoms with van der Waals surface area (Å²) in [5.74, 6) is -2.37. The van der Waals surface area contributed by atoms with Crippen molar-refractivity contribution in [1.29, 1.82) is 0 Å². The second-order valence-electron chi connectivity index (χ2n) is 6.76. The number of urea groups is 1. The Hall–Kier alpha value is -2.94. The molecule has 2 aliphatic heterocycles. The van der Waals surface area contributed by atoms with Gasteiger partial charge in [-0.1, -0.05) is 24.3 Å². The molecule has 144 valence electrons. The molecule has 0 spiro atoms. The van der Waals surface area contributed by atoms with E-state index in [9.17, 15) is 24.3 Å². The predicted octanol–water partition coefficient (Wildman–Crippen LogP) is -0.284. The summed E-state index contributed by atoms with van der Waals surface area (Å²) in [5, 5.41) is 20.6. The van der Waals surface area contributed by atoms with E-state index in [-0.39, 0.29) is 18.9 Å². The number of aliphatic carboxylic acids is 1. The van der Waals surface area contributed by atoms with Crippen molar-refractivity contribution in [1.82, 2.24) is 15.1 Å². The molecule has 3 rings (SSSR count). The number of carboxylic acids is 1. The number of benzene rings is 1. The maximum Gasteiger partial charge on any atom is 0.328 e. The summed E-state index contributed by atoms with van der Waals surface area (Å²) in [6.07, 6.45) is -1.07. The van der Waals surface area contributed by atoms with Gasteiger partial charge in [-0.05, 0) is 18.1 Å². The second-order valence-corrected chi connectivity index (χ2v) is 6.76. The van der Waals surface area contributed by atoms with Gasteiger partial charge < -0.3 is 20.4 Å². The first-order valence-corrected chi connectivity index (χ1v) is 8.68. The van der Waals surface area contributed by atoms with Gasteiger partial charge in [0.2, 0.25) is 5.91 Å². The molecule has 2 aliphatic rings. The number of rotatable bonds is 6. The predicted molar refractivity (Wildman–Crippen MR) is 92.5 cm³/mol. The van der Waals surface area contributed by atoms with Crippen LogP contribution in [0.4, 0.5) is 4.79 Å². The molecule has 0 aliphatic carbocycles. The van der Waals surface area contributed by atoms with Crippen LogP contribution in [0.1, 0.15) is 24.5 Å². The molecule has 3 unspecified atom stereocenters. The summed E-state index contributed by atoms with van der Waals surface area (Å²) in [4.78, 5) is 50.7. The van der Waals surface area contributed by atoms with Crippen LogP contribution in [0.5, 0.6) is 0 Å². The Labute approximate surface area is 155 Å². The van der Waals surface area contributed by atoms with Crippen molar-refractivity contribution in [2.45, 2.75) is 44.5 Å². The number of hydrogen-bond donors (Lipinski definition) is 3. The van der Waals surface area contributed by atoms with E-state index in [0.717, 1.165) is 16.0 Å². The van der Waals surface area contributed by atoms with Crippen LogP contribution < -0.4 is 5.32 Å². The fourth-order valence-electron chi connectivity index (χ4n) is 3.43. The summed E-state index contributed by atoms with van der Waals surface area (Å²) < 4.78 is 0. The summed E-state index contributed by atoms with van der Waals surface area (Å²) >= 11 is 0. The molecule has 9 nitrogen and oxygen atoms in total. The highest BCUT2D eigenvalue weighted by Gasteiger charge is 2.46. The number of amides is 4. The third kappa shape index (κ3) is 3.63. The number of carbonyl (C=O) groups excluding carboxylic acids is 3. The van der Waals surface area contributed by atoms with E-state index in [1.165, 1.54) is 11.8 Å². The van der Waals surface area contributed by atoms with Crippen molar-refractivity contribution in [3.05, 3.63) is 35.4 Å². The van der Waals surface area contributed by atoms with E-state index in [0.29, 0.717) is 13.0 Å². The van der Waals surface area contributed by atoms with Crippen molar-refractivity contribution in [3.8, 4) is 0 Å². The molecule has 2 heterocycles. The maximum atomic E-state index is 12.6. The molecule has 4 amide bonds. The monoisotopic (exact) mass is 375 g/mol. The first kappa shape index (κ1) is 18.8. The SMILES string of the molecule is CC(O)C(NC(=O)CCN1C(=O)C2Cc3ccccc3CN2C1=O)C(=O)O. The average molecular weight is 375 g/mol.